The standard InChI is InChI=1S/C15H16N4O/c1-11-8-12(4-3-6-16)10-13(9-11)17-15(20)14-5-7-19(2)18-14/h5,7-10H,6,16H2,1-2H3,(H,17,20). The van der Waals surface area contributed by atoms with Gasteiger partial charge in [0.05, 0.1) is 6.54 Å². The SMILES string of the molecule is Cc1cc(C#CCN)cc(NC(=O)c2ccn(C)n2)c1. The van der Waals surface area contributed by atoms with Crippen molar-refractivity contribution in [1.82, 2.24) is 9.78 Å². The lowest BCUT2D eigenvalue weighted by atomic mass is 10.1. The van der Waals surface area contributed by atoms with E-state index in [4.69, 9.17) is 5.73 Å². The predicted molar refractivity (Wildman–Crippen MR) is 78.3 cm³/mol. The normalized spacial score (nSPS) is 9.75. The van der Waals surface area contributed by atoms with Gasteiger partial charge in [-0.05, 0) is 36.8 Å². The molecule has 1 amide bonds. The zero-order valence-electron chi connectivity index (χ0n) is 11.5. The molecule has 1 heterocycles. The summed E-state index contributed by atoms with van der Waals surface area (Å²) in [7, 11) is 1.77. The predicted octanol–water partition coefficient (Wildman–Crippen LogP) is 1.29. The van der Waals surface area contributed by atoms with E-state index in [0.717, 1.165) is 11.1 Å². The van der Waals surface area contributed by atoms with Gasteiger partial charge in [-0.1, -0.05) is 11.8 Å². The zero-order valence-corrected chi connectivity index (χ0v) is 11.5. The zero-order chi connectivity index (χ0) is 14.5. The highest BCUT2D eigenvalue weighted by molar-refractivity contribution is 6.02. The van der Waals surface area contributed by atoms with Gasteiger partial charge in [0.15, 0.2) is 5.69 Å². The summed E-state index contributed by atoms with van der Waals surface area (Å²) >= 11 is 0. The molecule has 0 radical (unpaired) electrons. The highest BCUT2D eigenvalue weighted by Gasteiger charge is 2.09. The van der Waals surface area contributed by atoms with Gasteiger partial charge in [-0.3, -0.25) is 9.48 Å². The molecule has 0 aliphatic heterocycles. The lowest BCUT2D eigenvalue weighted by Crippen LogP contribution is -2.13. The molecule has 0 atom stereocenters. The van der Waals surface area contributed by atoms with Crippen molar-refractivity contribution in [3.63, 3.8) is 0 Å². The maximum absolute atomic E-state index is 12.0. The van der Waals surface area contributed by atoms with E-state index in [1.807, 2.05) is 25.1 Å². The Kier molecular flexibility index (Phi) is 4.18. The molecule has 2 aromatic rings. The molecule has 0 aliphatic carbocycles. The van der Waals surface area contributed by atoms with Crippen LogP contribution < -0.4 is 11.1 Å². The van der Waals surface area contributed by atoms with Gasteiger partial charge >= 0.3 is 0 Å². The first kappa shape index (κ1) is 13.8. The van der Waals surface area contributed by atoms with Gasteiger partial charge < -0.3 is 11.1 Å². The minimum atomic E-state index is -0.242. The van der Waals surface area contributed by atoms with Crippen molar-refractivity contribution >= 4 is 11.6 Å². The van der Waals surface area contributed by atoms with Crippen LogP contribution in [0.5, 0.6) is 0 Å². The molecular formula is C15H16N4O. The minimum Gasteiger partial charge on any atom is -0.321 e. The number of amides is 1. The van der Waals surface area contributed by atoms with Gasteiger partial charge in [-0.2, -0.15) is 5.10 Å². The Morgan fingerprint density at radius 3 is 2.90 bits per heavy atom. The molecule has 5 nitrogen and oxygen atoms in total. The quantitative estimate of drug-likeness (QED) is 0.806. The minimum absolute atomic E-state index is 0.242. The summed E-state index contributed by atoms with van der Waals surface area (Å²) in [4.78, 5) is 12.0. The second-order valence-electron chi connectivity index (χ2n) is 4.42. The van der Waals surface area contributed by atoms with E-state index in [1.165, 1.54) is 0 Å². The number of aryl methyl sites for hydroxylation is 2. The summed E-state index contributed by atoms with van der Waals surface area (Å²) in [5.74, 6) is 5.51. The van der Waals surface area contributed by atoms with Crippen LogP contribution in [0.15, 0.2) is 30.5 Å². The Morgan fingerprint density at radius 2 is 2.25 bits per heavy atom. The number of hydrogen-bond donors (Lipinski definition) is 2. The highest BCUT2D eigenvalue weighted by atomic mass is 16.1. The number of nitrogens with two attached hydrogens (primary N) is 1. The van der Waals surface area contributed by atoms with Crippen LogP contribution in [-0.4, -0.2) is 22.2 Å². The van der Waals surface area contributed by atoms with Crippen LogP contribution in [0.3, 0.4) is 0 Å². The Hall–Kier alpha value is -2.58. The summed E-state index contributed by atoms with van der Waals surface area (Å²) in [6.45, 7) is 2.26. The van der Waals surface area contributed by atoms with Gasteiger partial charge in [0.1, 0.15) is 0 Å². The van der Waals surface area contributed by atoms with Crippen LogP contribution in [0.4, 0.5) is 5.69 Å². The largest absolute Gasteiger partial charge is 0.321 e. The van der Waals surface area contributed by atoms with Crippen LogP contribution in [0.1, 0.15) is 21.6 Å². The van der Waals surface area contributed by atoms with Crippen LogP contribution in [0.25, 0.3) is 0 Å². The number of hydrogen-bond acceptors (Lipinski definition) is 3. The molecular weight excluding hydrogens is 252 g/mol. The molecule has 0 saturated carbocycles. The van der Waals surface area contributed by atoms with E-state index in [-0.39, 0.29) is 5.91 Å². The third kappa shape index (κ3) is 3.46. The molecule has 20 heavy (non-hydrogen) atoms. The first-order chi connectivity index (χ1) is 9.58. The van der Waals surface area contributed by atoms with E-state index < -0.39 is 0 Å². The molecule has 1 aromatic heterocycles. The van der Waals surface area contributed by atoms with Gasteiger partial charge in [0.2, 0.25) is 0 Å². The molecule has 0 spiro atoms. The van der Waals surface area contributed by atoms with E-state index in [1.54, 1.807) is 24.0 Å². The summed E-state index contributed by atoms with van der Waals surface area (Å²) < 4.78 is 1.59. The topological polar surface area (TPSA) is 72.9 Å². The maximum Gasteiger partial charge on any atom is 0.276 e. The van der Waals surface area contributed by atoms with Crippen molar-refractivity contribution in [1.29, 1.82) is 0 Å². The van der Waals surface area contributed by atoms with E-state index >= 15 is 0 Å². The molecule has 0 aliphatic rings. The fourth-order valence-electron chi connectivity index (χ4n) is 1.81. The molecule has 0 bridgehead atoms. The van der Waals surface area contributed by atoms with Crippen LogP contribution in [0, 0.1) is 18.8 Å². The maximum atomic E-state index is 12.0. The third-order valence-electron chi connectivity index (χ3n) is 2.62. The molecule has 0 saturated heterocycles. The highest BCUT2D eigenvalue weighted by Crippen LogP contribution is 2.14. The second-order valence-corrected chi connectivity index (χ2v) is 4.42. The summed E-state index contributed by atoms with van der Waals surface area (Å²) in [6.07, 6.45) is 1.73. The van der Waals surface area contributed by atoms with Crippen molar-refractivity contribution < 1.29 is 4.79 Å². The Balaban J connectivity index is 2.20. The van der Waals surface area contributed by atoms with Crippen molar-refractivity contribution in [3.05, 3.63) is 47.3 Å². The molecule has 3 N–H and O–H groups in total. The first-order valence-electron chi connectivity index (χ1n) is 6.20. The average molecular weight is 268 g/mol. The molecule has 0 unspecified atom stereocenters. The lowest BCUT2D eigenvalue weighted by Gasteiger charge is -2.05. The van der Waals surface area contributed by atoms with Crippen LogP contribution in [-0.2, 0) is 7.05 Å². The molecule has 5 heteroatoms. The summed E-state index contributed by atoms with van der Waals surface area (Å²) in [6, 6.07) is 7.31. The van der Waals surface area contributed by atoms with Crippen molar-refractivity contribution in [2.75, 3.05) is 11.9 Å². The second kappa shape index (κ2) is 6.04. The fraction of sp³-hybridized carbons (Fsp3) is 0.200. The third-order valence-corrected chi connectivity index (χ3v) is 2.62. The number of rotatable bonds is 2. The monoisotopic (exact) mass is 268 g/mol. The number of aromatic nitrogens is 2. The fourth-order valence-corrected chi connectivity index (χ4v) is 1.81. The number of anilines is 1. The van der Waals surface area contributed by atoms with Crippen molar-refractivity contribution in [2.24, 2.45) is 12.8 Å². The number of nitrogens with zero attached hydrogens (tertiary/aromatic N) is 2. The lowest BCUT2D eigenvalue weighted by molar-refractivity contribution is 0.102. The Morgan fingerprint density at radius 1 is 1.45 bits per heavy atom. The van der Waals surface area contributed by atoms with E-state index in [9.17, 15) is 4.79 Å². The Labute approximate surface area is 117 Å². The van der Waals surface area contributed by atoms with E-state index in [2.05, 4.69) is 22.3 Å². The van der Waals surface area contributed by atoms with Crippen molar-refractivity contribution in [2.45, 2.75) is 6.92 Å². The number of benzene rings is 1. The summed E-state index contributed by atoms with van der Waals surface area (Å²) in [5, 5.41) is 6.88. The van der Waals surface area contributed by atoms with Gasteiger partial charge in [0.25, 0.3) is 5.91 Å². The van der Waals surface area contributed by atoms with E-state index in [0.29, 0.717) is 17.9 Å². The number of carbonyl (C=O) groups excluding carboxylic acids is 1. The number of carbonyl (C=O) groups is 1. The van der Waals surface area contributed by atoms with Crippen LogP contribution in [0.2, 0.25) is 0 Å². The molecule has 0 fully saturated rings. The van der Waals surface area contributed by atoms with Gasteiger partial charge in [0, 0.05) is 24.5 Å². The molecule has 2 rings (SSSR count). The molecule has 1 aromatic carbocycles. The number of nitrogens with one attached hydrogen (secondary N) is 1. The molecule has 102 valence electrons. The summed E-state index contributed by atoms with van der Waals surface area (Å²) in [5.41, 5.74) is 8.28. The Bertz CT molecular complexity index is 691. The van der Waals surface area contributed by atoms with Crippen molar-refractivity contribution in [3.8, 4) is 11.8 Å². The first-order valence-corrected chi connectivity index (χ1v) is 6.20. The van der Waals surface area contributed by atoms with Gasteiger partial charge in [-0.15, -0.1) is 0 Å². The van der Waals surface area contributed by atoms with Crippen LogP contribution >= 0.6 is 0 Å². The average Bonchev–Trinajstić information content (AvgIpc) is 2.82. The smallest absolute Gasteiger partial charge is 0.276 e. The van der Waals surface area contributed by atoms with Gasteiger partial charge in [-0.25, -0.2) is 0 Å².